The number of halogens is 1. The summed E-state index contributed by atoms with van der Waals surface area (Å²) in [6.07, 6.45) is 1.67. The molecule has 1 aromatic carbocycles. The van der Waals surface area contributed by atoms with Gasteiger partial charge in [-0.1, -0.05) is 11.6 Å². The van der Waals surface area contributed by atoms with Crippen LogP contribution in [-0.2, 0) is 0 Å². The first-order chi connectivity index (χ1) is 5.81. The number of fused-ring (bicyclic) bond motifs is 1. The summed E-state index contributed by atoms with van der Waals surface area (Å²) in [5, 5.41) is 7.97. The number of aromatic nitrogens is 2. The van der Waals surface area contributed by atoms with Crippen LogP contribution >= 0.6 is 11.6 Å². The third kappa shape index (κ3) is 0.936. The summed E-state index contributed by atoms with van der Waals surface area (Å²) in [7, 11) is 0. The molecule has 0 spiro atoms. The van der Waals surface area contributed by atoms with Gasteiger partial charge in [0.15, 0.2) is 0 Å². The molecule has 58 valence electrons. The van der Waals surface area contributed by atoms with Crippen LogP contribution in [0.2, 0.25) is 5.02 Å². The van der Waals surface area contributed by atoms with E-state index in [0.717, 1.165) is 10.9 Å². The number of hydrogen-bond acceptors (Lipinski definition) is 1. The molecule has 3 nitrogen and oxygen atoms in total. The van der Waals surface area contributed by atoms with Gasteiger partial charge in [-0.05, 0) is 12.1 Å². The van der Waals surface area contributed by atoms with E-state index in [1.165, 1.54) is 0 Å². The van der Waals surface area contributed by atoms with Gasteiger partial charge in [0.2, 0.25) is 5.69 Å². The van der Waals surface area contributed by atoms with Crippen LogP contribution < -0.4 is 0 Å². The van der Waals surface area contributed by atoms with E-state index in [0.29, 0.717) is 10.7 Å². The molecule has 1 heterocycles. The molecular weight excluding hydrogens is 174 g/mol. The predicted molar refractivity (Wildman–Crippen MR) is 47.4 cm³/mol. The minimum Gasteiger partial charge on any atom is -0.278 e. The Balaban J connectivity index is 2.84. The van der Waals surface area contributed by atoms with Gasteiger partial charge in [0, 0.05) is 10.4 Å². The lowest BCUT2D eigenvalue weighted by Crippen LogP contribution is -1.69. The van der Waals surface area contributed by atoms with Crippen molar-refractivity contribution in [1.82, 2.24) is 10.2 Å². The zero-order valence-electron chi connectivity index (χ0n) is 6.00. The maximum atomic E-state index is 6.82. The highest BCUT2D eigenvalue weighted by Gasteiger charge is 2.02. The maximum Gasteiger partial charge on any atom is 0.206 e. The van der Waals surface area contributed by atoms with Crippen molar-refractivity contribution in [3.63, 3.8) is 0 Å². The fourth-order valence-electron chi connectivity index (χ4n) is 1.04. The molecule has 2 aromatic rings. The van der Waals surface area contributed by atoms with Gasteiger partial charge in [-0.15, -0.1) is 0 Å². The number of nitrogens with zero attached hydrogens (tertiary/aromatic N) is 2. The van der Waals surface area contributed by atoms with Gasteiger partial charge in [0.1, 0.15) is 0 Å². The molecule has 0 radical (unpaired) electrons. The maximum absolute atomic E-state index is 6.82. The molecular formula is C8H4ClN3. The number of nitrogens with one attached hydrogen (secondary N) is 1. The highest BCUT2D eigenvalue weighted by atomic mass is 35.5. The van der Waals surface area contributed by atoms with Crippen LogP contribution in [0.25, 0.3) is 15.7 Å². The van der Waals surface area contributed by atoms with Crippen molar-refractivity contribution in [1.29, 1.82) is 0 Å². The van der Waals surface area contributed by atoms with E-state index >= 15 is 0 Å². The Morgan fingerprint density at radius 2 is 2.33 bits per heavy atom. The van der Waals surface area contributed by atoms with E-state index in [-0.39, 0.29) is 0 Å². The standard InChI is InChI=1S/C8H4ClN3/c1-10-8-2-5-4-11-12-7(5)3-6(8)9/h2-4H,(H,11,12). The summed E-state index contributed by atoms with van der Waals surface area (Å²) in [6, 6.07) is 3.42. The Morgan fingerprint density at radius 1 is 1.50 bits per heavy atom. The third-order valence-corrected chi connectivity index (χ3v) is 1.93. The summed E-state index contributed by atoms with van der Waals surface area (Å²) in [5.41, 5.74) is 1.32. The molecule has 0 aliphatic carbocycles. The largest absolute Gasteiger partial charge is 0.278 e. The van der Waals surface area contributed by atoms with Crippen LogP contribution in [0.1, 0.15) is 0 Å². The second-order valence-electron chi connectivity index (χ2n) is 2.37. The van der Waals surface area contributed by atoms with Crippen molar-refractivity contribution in [3.8, 4) is 0 Å². The first-order valence-electron chi connectivity index (χ1n) is 3.31. The summed E-state index contributed by atoms with van der Waals surface area (Å²) in [4.78, 5) is 3.28. The van der Waals surface area contributed by atoms with Crippen LogP contribution in [0.4, 0.5) is 5.69 Å². The van der Waals surface area contributed by atoms with Gasteiger partial charge in [-0.3, -0.25) is 5.10 Å². The molecule has 0 bridgehead atoms. The normalized spacial score (nSPS) is 10.0. The number of aromatic amines is 1. The molecule has 0 fully saturated rings. The molecule has 0 saturated heterocycles. The lowest BCUT2D eigenvalue weighted by molar-refractivity contribution is 1.12. The topological polar surface area (TPSA) is 33.0 Å². The summed E-state index contributed by atoms with van der Waals surface area (Å²) < 4.78 is 0. The van der Waals surface area contributed by atoms with Crippen LogP contribution in [0.15, 0.2) is 18.3 Å². The second-order valence-corrected chi connectivity index (χ2v) is 2.78. The summed E-state index contributed by atoms with van der Waals surface area (Å²) in [6.45, 7) is 6.82. The van der Waals surface area contributed by atoms with Crippen molar-refractivity contribution in [2.24, 2.45) is 0 Å². The minimum absolute atomic E-state index is 0.460. The molecule has 0 aliphatic rings. The van der Waals surface area contributed by atoms with Crippen LogP contribution in [0.5, 0.6) is 0 Å². The quantitative estimate of drug-likeness (QED) is 0.617. The predicted octanol–water partition coefficient (Wildman–Crippen LogP) is 2.77. The lowest BCUT2D eigenvalue weighted by atomic mass is 10.2. The van der Waals surface area contributed by atoms with E-state index in [9.17, 15) is 0 Å². The van der Waals surface area contributed by atoms with Crippen molar-refractivity contribution in [2.75, 3.05) is 0 Å². The SMILES string of the molecule is [C-]#[N+]c1cc2cn[nH]c2cc1Cl. The average Bonchev–Trinajstić information content (AvgIpc) is 2.49. The van der Waals surface area contributed by atoms with Crippen molar-refractivity contribution >= 4 is 28.2 Å². The Kier molecular flexibility index (Phi) is 1.49. The zero-order valence-corrected chi connectivity index (χ0v) is 6.76. The third-order valence-electron chi connectivity index (χ3n) is 1.63. The molecule has 4 heteroatoms. The van der Waals surface area contributed by atoms with E-state index in [1.54, 1.807) is 18.3 Å². The smallest absolute Gasteiger partial charge is 0.206 e. The first-order valence-corrected chi connectivity index (χ1v) is 3.69. The summed E-state index contributed by atoms with van der Waals surface area (Å²) >= 11 is 5.80. The number of benzene rings is 1. The van der Waals surface area contributed by atoms with Gasteiger partial charge < -0.3 is 0 Å². The lowest BCUT2D eigenvalue weighted by Gasteiger charge is -1.93. The van der Waals surface area contributed by atoms with Crippen LogP contribution in [-0.4, -0.2) is 10.2 Å². The van der Waals surface area contributed by atoms with Gasteiger partial charge >= 0.3 is 0 Å². The molecule has 0 saturated carbocycles. The van der Waals surface area contributed by atoms with Gasteiger partial charge in [-0.2, -0.15) is 5.10 Å². The number of hydrogen-bond donors (Lipinski definition) is 1. The average molecular weight is 178 g/mol. The Morgan fingerprint density at radius 3 is 3.08 bits per heavy atom. The molecule has 0 amide bonds. The van der Waals surface area contributed by atoms with E-state index in [4.69, 9.17) is 18.2 Å². The van der Waals surface area contributed by atoms with Crippen molar-refractivity contribution in [2.45, 2.75) is 0 Å². The Bertz CT molecular complexity index is 467. The highest BCUT2D eigenvalue weighted by Crippen LogP contribution is 2.28. The molecule has 0 aliphatic heterocycles. The molecule has 12 heavy (non-hydrogen) atoms. The van der Waals surface area contributed by atoms with Gasteiger partial charge in [0.05, 0.1) is 18.3 Å². The number of rotatable bonds is 0. The van der Waals surface area contributed by atoms with Crippen molar-refractivity contribution in [3.05, 3.63) is 34.8 Å². The fraction of sp³-hybridized carbons (Fsp3) is 0. The monoisotopic (exact) mass is 177 g/mol. The Hall–Kier alpha value is -1.53. The molecule has 0 atom stereocenters. The van der Waals surface area contributed by atoms with Gasteiger partial charge in [-0.25, -0.2) is 4.85 Å². The van der Waals surface area contributed by atoms with Crippen LogP contribution in [0.3, 0.4) is 0 Å². The van der Waals surface area contributed by atoms with E-state index in [1.807, 2.05) is 0 Å². The first kappa shape index (κ1) is 7.14. The van der Waals surface area contributed by atoms with E-state index < -0.39 is 0 Å². The fourth-order valence-corrected chi connectivity index (χ4v) is 1.24. The minimum atomic E-state index is 0.460. The Labute approximate surface area is 73.8 Å². The van der Waals surface area contributed by atoms with E-state index in [2.05, 4.69) is 15.0 Å². The van der Waals surface area contributed by atoms with Crippen molar-refractivity contribution < 1.29 is 0 Å². The van der Waals surface area contributed by atoms with Crippen LogP contribution in [0, 0.1) is 6.57 Å². The second kappa shape index (κ2) is 2.50. The molecule has 2 rings (SSSR count). The van der Waals surface area contributed by atoms with Gasteiger partial charge in [0.25, 0.3) is 0 Å². The zero-order chi connectivity index (χ0) is 8.55. The molecule has 0 unspecified atom stereocenters. The summed E-state index contributed by atoms with van der Waals surface area (Å²) in [5.74, 6) is 0. The highest BCUT2D eigenvalue weighted by molar-refractivity contribution is 6.34. The molecule has 1 aromatic heterocycles. The number of H-pyrrole nitrogens is 1. The molecule has 1 N–H and O–H groups in total.